The third-order valence-corrected chi connectivity index (χ3v) is 5.25. The minimum Gasteiger partial charge on any atom is -0.348 e. The lowest BCUT2D eigenvalue weighted by Crippen LogP contribution is -2.30. The van der Waals surface area contributed by atoms with Crippen molar-refractivity contribution in [1.82, 2.24) is 30.2 Å². The van der Waals surface area contributed by atoms with Gasteiger partial charge in [0.15, 0.2) is 11.3 Å². The van der Waals surface area contributed by atoms with Crippen molar-refractivity contribution in [2.45, 2.75) is 19.9 Å². The third-order valence-electron chi connectivity index (χ3n) is 4.28. The molecule has 8 nitrogen and oxygen atoms in total. The second kappa shape index (κ2) is 7.12. The lowest BCUT2D eigenvalue weighted by Gasteiger charge is -2.17. The van der Waals surface area contributed by atoms with Crippen LogP contribution in [0.2, 0.25) is 0 Å². The number of nitrogens with one attached hydrogen (secondary N) is 2. The van der Waals surface area contributed by atoms with E-state index in [1.165, 1.54) is 17.4 Å². The summed E-state index contributed by atoms with van der Waals surface area (Å²) in [6, 6.07) is 1.11. The Morgan fingerprint density at radius 1 is 1.37 bits per heavy atom. The van der Waals surface area contributed by atoms with Crippen LogP contribution in [0.15, 0.2) is 18.5 Å². The van der Waals surface area contributed by atoms with Gasteiger partial charge >= 0.3 is 0 Å². The van der Waals surface area contributed by atoms with Gasteiger partial charge in [0.2, 0.25) is 5.95 Å². The minimum atomic E-state index is -0.412. The maximum Gasteiger partial charge on any atom is 0.275 e. The molecule has 0 saturated carbocycles. The lowest BCUT2D eigenvalue weighted by molar-refractivity contribution is 0.0787. The van der Waals surface area contributed by atoms with Crippen molar-refractivity contribution in [3.63, 3.8) is 0 Å². The fraction of sp³-hybridized carbons (Fsp3) is 0.353. The first-order chi connectivity index (χ1) is 13.0. The first kappa shape index (κ1) is 17.7. The standard InChI is InChI=1S/C17H18FN7OS/c1-9(11-5-12(18)7-20-6-11)21-17-23-13(16(26)25-4-3-19-8-25)14-15(24-17)22-10(2)27-14/h5-7,9,19H,3-4,8H2,1-2H3,(H,21,23,24)/t9-/m0/s1. The summed E-state index contributed by atoms with van der Waals surface area (Å²) in [5, 5.41) is 7.08. The van der Waals surface area contributed by atoms with Crippen molar-refractivity contribution < 1.29 is 9.18 Å². The predicted molar refractivity (Wildman–Crippen MR) is 100 cm³/mol. The predicted octanol–water partition coefficient (Wildman–Crippen LogP) is 2.10. The Morgan fingerprint density at radius 2 is 2.22 bits per heavy atom. The number of amides is 1. The summed E-state index contributed by atoms with van der Waals surface area (Å²) in [4.78, 5) is 31.8. The molecule has 0 spiro atoms. The van der Waals surface area contributed by atoms with Crippen LogP contribution in [-0.2, 0) is 0 Å². The molecule has 0 radical (unpaired) electrons. The molecular formula is C17H18FN7OS. The highest BCUT2D eigenvalue weighted by Gasteiger charge is 2.25. The Labute approximate surface area is 158 Å². The largest absolute Gasteiger partial charge is 0.348 e. The van der Waals surface area contributed by atoms with Gasteiger partial charge in [0.25, 0.3) is 5.91 Å². The molecule has 10 heteroatoms. The molecule has 140 valence electrons. The van der Waals surface area contributed by atoms with Crippen molar-refractivity contribution in [3.05, 3.63) is 40.5 Å². The number of carbonyl (C=O) groups excluding carboxylic acids is 1. The SMILES string of the molecule is Cc1nc2nc(N[C@@H](C)c3cncc(F)c3)nc(C(=O)N3CCNC3)c2s1. The van der Waals surface area contributed by atoms with Gasteiger partial charge in [0.05, 0.1) is 23.9 Å². The van der Waals surface area contributed by atoms with Crippen molar-refractivity contribution in [3.8, 4) is 0 Å². The molecule has 0 aliphatic carbocycles. The van der Waals surface area contributed by atoms with Crippen LogP contribution in [0.4, 0.5) is 10.3 Å². The van der Waals surface area contributed by atoms with E-state index in [4.69, 9.17) is 0 Å². The highest BCUT2D eigenvalue weighted by Crippen LogP contribution is 2.27. The summed E-state index contributed by atoms with van der Waals surface area (Å²) < 4.78 is 14.1. The van der Waals surface area contributed by atoms with E-state index in [1.54, 1.807) is 11.1 Å². The summed E-state index contributed by atoms with van der Waals surface area (Å²) in [7, 11) is 0. The van der Waals surface area contributed by atoms with Gasteiger partial charge in [-0.15, -0.1) is 11.3 Å². The van der Waals surface area contributed by atoms with Crippen LogP contribution in [0.5, 0.6) is 0 Å². The Balaban J connectivity index is 1.69. The van der Waals surface area contributed by atoms with E-state index in [0.29, 0.717) is 34.8 Å². The average molecular weight is 387 g/mol. The molecule has 1 fully saturated rings. The number of nitrogens with zero attached hydrogens (tertiary/aromatic N) is 5. The zero-order valence-electron chi connectivity index (χ0n) is 14.9. The van der Waals surface area contributed by atoms with Crippen LogP contribution in [0.3, 0.4) is 0 Å². The number of fused-ring (bicyclic) bond motifs is 1. The highest BCUT2D eigenvalue weighted by molar-refractivity contribution is 7.18. The van der Waals surface area contributed by atoms with Crippen LogP contribution < -0.4 is 10.6 Å². The topological polar surface area (TPSA) is 95.9 Å². The Hall–Kier alpha value is -2.72. The molecule has 3 aromatic heterocycles. The van der Waals surface area contributed by atoms with E-state index >= 15 is 0 Å². The van der Waals surface area contributed by atoms with Gasteiger partial charge in [0, 0.05) is 19.3 Å². The first-order valence-electron chi connectivity index (χ1n) is 8.53. The maximum atomic E-state index is 13.4. The smallest absolute Gasteiger partial charge is 0.275 e. The first-order valence-corrected chi connectivity index (χ1v) is 9.35. The molecule has 27 heavy (non-hydrogen) atoms. The fourth-order valence-corrected chi connectivity index (χ4v) is 3.75. The zero-order valence-corrected chi connectivity index (χ0v) is 15.7. The van der Waals surface area contributed by atoms with Crippen molar-refractivity contribution >= 4 is 33.5 Å². The van der Waals surface area contributed by atoms with Gasteiger partial charge < -0.3 is 10.2 Å². The van der Waals surface area contributed by atoms with Gasteiger partial charge in [0.1, 0.15) is 10.5 Å². The number of carbonyl (C=O) groups is 1. The van der Waals surface area contributed by atoms with Gasteiger partial charge in [-0.25, -0.2) is 14.4 Å². The number of thiazole rings is 1. The molecule has 1 saturated heterocycles. The normalized spacial score (nSPS) is 15.3. The summed E-state index contributed by atoms with van der Waals surface area (Å²) in [6.45, 7) is 5.61. The highest BCUT2D eigenvalue weighted by atomic mass is 32.1. The summed E-state index contributed by atoms with van der Waals surface area (Å²) >= 11 is 1.40. The van der Waals surface area contributed by atoms with Gasteiger partial charge in [-0.05, 0) is 25.5 Å². The lowest BCUT2D eigenvalue weighted by atomic mass is 10.1. The number of hydrogen-bond donors (Lipinski definition) is 2. The number of anilines is 1. The molecule has 3 aromatic rings. The molecule has 4 rings (SSSR count). The fourth-order valence-electron chi connectivity index (χ4n) is 2.91. The zero-order chi connectivity index (χ0) is 19.0. The van der Waals surface area contributed by atoms with Gasteiger partial charge in [-0.1, -0.05) is 0 Å². The van der Waals surface area contributed by atoms with Crippen LogP contribution in [0.25, 0.3) is 10.3 Å². The molecule has 4 heterocycles. The van der Waals surface area contributed by atoms with Crippen LogP contribution >= 0.6 is 11.3 Å². The van der Waals surface area contributed by atoms with E-state index in [1.807, 2.05) is 13.8 Å². The number of aromatic nitrogens is 4. The van der Waals surface area contributed by atoms with Crippen molar-refractivity contribution in [2.24, 2.45) is 0 Å². The monoisotopic (exact) mass is 387 g/mol. The molecule has 0 unspecified atom stereocenters. The quantitative estimate of drug-likeness (QED) is 0.708. The summed E-state index contributed by atoms with van der Waals surface area (Å²) in [5.74, 6) is -0.288. The molecule has 1 atom stereocenters. The van der Waals surface area contributed by atoms with E-state index in [2.05, 4.69) is 30.6 Å². The Kier molecular flexibility index (Phi) is 4.66. The molecule has 1 amide bonds. The Morgan fingerprint density at radius 3 is 2.96 bits per heavy atom. The van der Waals surface area contributed by atoms with E-state index in [0.717, 1.165) is 17.7 Å². The molecule has 0 bridgehead atoms. The summed E-state index contributed by atoms with van der Waals surface area (Å²) in [5.41, 5.74) is 1.47. The maximum absolute atomic E-state index is 13.4. The van der Waals surface area contributed by atoms with Crippen LogP contribution in [0.1, 0.15) is 34.0 Å². The average Bonchev–Trinajstić information content (AvgIpc) is 3.29. The van der Waals surface area contributed by atoms with Crippen LogP contribution in [0, 0.1) is 12.7 Å². The van der Waals surface area contributed by atoms with E-state index in [-0.39, 0.29) is 17.9 Å². The van der Waals surface area contributed by atoms with Crippen molar-refractivity contribution in [1.29, 1.82) is 0 Å². The molecule has 1 aliphatic rings. The van der Waals surface area contributed by atoms with Crippen LogP contribution in [-0.4, -0.2) is 50.5 Å². The van der Waals surface area contributed by atoms with Gasteiger partial charge in [-0.3, -0.25) is 15.1 Å². The Bertz CT molecular complexity index is 1000. The number of halogens is 1. The number of hydrogen-bond acceptors (Lipinski definition) is 8. The van der Waals surface area contributed by atoms with E-state index < -0.39 is 5.82 Å². The van der Waals surface area contributed by atoms with Gasteiger partial charge in [-0.2, -0.15) is 4.98 Å². The van der Waals surface area contributed by atoms with E-state index in [9.17, 15) is 9.18 Å². The second-order valence-electron chi connectivity index (χ2n) is 6.31. The number of aryl methyl sites for hydroxylation is 1. The second-order valence-corrected chi connectivity index (χ2v) is 7.51. The number of rotatable bonds is 4. The third kappa shape index (κ3) is 3.58. The number of pyridine rings is 1. The van der Waals surface area contributed by atoms with Crippen molar-refractivity contribution in [2.75, 3.05) is 25.1 Å². The molecule has 0 aromatic carbocycles. The molecule has 1 aliphatic heterocycles. The molecule has 2 N–H and O–H groups in total. The molecular weight excluding hydrogens is 369 g/mol. The minimum absolute atomic E-state index is 0.154. The summed E-state index contributed by atoms with van der Waals surface area (Å²) in [6.07, 6.45) is 2.73.